The molecule has 0 saturated heterocycles. The summed E-state index contributed by atoms with van der Waals surface area (Å²) in [5.41, 5.74) is 4.70. The second-order valence-corrected chi connectivity index (χ2v) is 12.5. The largest absolute Gasteiger partial charge is 0.450 e. The van der Waals surface area contributed by atoms with Gasteiger partial charge in [0, 0.05) is 6.54 Å². The van der Waals surface area contributed by atoms with Crippen LogP contribution >= 0.6 is 12.2 Å². The van der Waals surface area contributed by atoms with Crippen molar-refractivity contribution in [3.05, 3.63) is 66.2 Å². The minimum atomic E-state index is -1.47. The van der Waals surface area contributed by atoms with Gasteiger partial charge in [-0.3, -0.25) is 5.32 Å². The average molecular weight is 382 g/mol. The highest BCUT2D eigenvalue weighted by Crippen LogP contribution is 2.15. The molecule has 2 rings (SSSR count). The van der Waals surface area contributed by atoms with Gasteiger partial charge in [0.05, 0.1) is 12.0 Å². The number of ether oxygens (including phenoxy) is 1. The lowest BCUT2D eigenvalue weighted by atomic mass is 10.0. The standard InChI is InChI=1S/C22H27NOSSi/c1-18(22(25)24-20-13-9-6-10-14-20)21(15-16-26(2,3)4)23-17-19-11-7-5-8-12-19/h5-14,18,21,23H,17H2,1-4H3/t18-,21-/m1/s1. The molecule has 1 N–H and O–H groups in total. The van der Waals surface area contributed by atoms with Gasteiger partial charge in [-0.05, 0) is 29.9 Å². The van der Waals surface area contributed by atoms with Crippen LogP contribution in [0.4, 0.5) is 0 Å². The number of hydrogen-bond donors (Lipinski definition) is 1. The first-order chi connectivity index (χ1) is 12.3. The summed E-state index contributed by atoms with van der Waals surface area (Å²) in [6.45, 7) is 9.57. The third-order valence-electron chi connectivity index (χ3n) is 3.81. The first-order valence-corrected chi connectivity index (χ1v) is 12.8. The molecular weight excluding hydrogens is 354 g/mol. The Bertz CT molecular complexity index is 759. The molecule has 0 bridgehead atoms. The van der Waals surface area contributed by atoms with E-state index in [9.17, 15) is 0 Å². The highest BCUT2D eigenvalue weighted by molar-refractivity contribution is 7.80. The van der Waals surface area contributed by atoms with Crippen molar-refractivity contribution in [3.63, 3.8) is 0 Å². The zero-order chi connectivity index (χ0) is 19.0. The first-order valence-electron chi connectivity index (χ1n) is 8.92. The Labute approximate surface area is 164 Å². The number of rotatable bonds is 6. The van der Waals surface area contributed by atoms with Crippen LogP contribution in [-0.4, -0.2) is 19.2 Å². The van der Waals surface area contributed by atoms with Crippen LogP contribution in [0.2, 0.25) is 19.6 Å². The number of thiocarbonyl (C=S) groups is 1. The van der Waals surface area contributed by atoms with Crippen molar-refractivity contribution in [2.45, 2.75) is 39.2 Å². The van der Waals surface area contributed by atoms with Gasteiger partial charge in [-0.1, -0.05) is 81.0 Å². The Morgan fingerprint density at radius 3 is 2.19 bits per heavy atom. The van der Waals surface area contributed by atoms with Gasteiger partial charge in [0.15, 0.2) is 5.05 Å². The van der Waals surface area contributed by atoms with Gasteiger partial charge < -0.3 is 4.74 Å². The summed E-state index contributed by atoms with van der Waals surface area (Å²) in [6.07, 6.45) is 0. The quantitative estimate of drug-likeness (QED) is 0.429. The molecular formula is C22H27NOSSi. The van der Waals surface area contributed by atoms with Crippen LogP contribution in [-0.2, 0) is 6.54 Å². The lowest BCUT2D eigenvalue weighted by Crippen LogP contribution is -2.39. The van der Waals surface area contributed by atoms with E-state index >= 15 is 0 Å². The number of para-hydroxylation sites is 1. The smallest absolute Gasteiger partial charge is 0.172 e. The molecule has 2 atom stereocenters. The Morgan fingerprint density at radius 1 is 1.04 bits per heavy atom. The summed E-state index contributed by atoms with van der Waals surface area (Å²) in [5.74, 6) is 4.20. The summed E-state index contributed by atoms with van der Waals surface area (Å²) in [5, 5.41) is 4.12. The molecule has 0 unspecified atom stereocenters. The molecule has 0 aromatic heterocycles. The van der Waals surface area contributed by atoms with Crippen LogP contribution < -0.4 is 10.1 Å². The van der Waals surface area contributed by atoms with Gasteiger partial charge in [-0.25, -0.2) is 0 Å². The first kappa shape index (κ1) is 20.4. The van der Waals surface area contributed by atoms with Crippen LogP contribution in [0.3, 0.4) is 0 Å². The highest BCUT2D eigenvalue weighted by atomic mass is 32.1. The molecule has 26 heavy (non-hydrogen) atoms. The molecule has 2 aromatic rings. The highest BCUT2D eigenvalue weighted by Gasteiger charge is 2.22. The van der Waals surface area contributed by atoms with Crippen LogP contribution in [0.15, 0.2) is 60.7 Å². The van der Waals surface area contributed by atoms with Crippen molar-refractivity contribution in [1.82, 2.24) is 5.32 Å². The summed E-state index contributed by atoms with van der Waals surface area (Å²) >= 11 is 5.55. The van der Waals surface area contributed by atoms with E-state index in [0.717, 1.165) is 12.3 Å². The van der Waals surface area contributed by atoms with Crippen LogP contribution in [0, 0.1) is 17.4 Å². The van der Waals surface area contributed by atoms with Gasteiger partial charge in [-0.15, -0.1) is 5.54 Å². The van der Waals surface area contributed by atoms with Gasteiger partial charge in [0.1, 0.15) is 13.8 Å². The lowest BCUT2D eigenvalue weighted by Gasteiger charge is -2.22. The molecule has 0 spiro atoms. The normalized spacial score (nSPS) is 13.2. The molecule has 136 valence electrons. The molecule has 0 saturated carbocycles. The van der Waals surface area contributed by atoms with E-state index in [2.05, 4.69) is 55.5 Å². The molecule has 0 aliphatic heterocycles. The summed E-state index contributed by atoms with van der Waals surface area (Å²) in [4.78, 5) is 0. The van der Waals surface area contributed by atoms with Gasteiger partial charge in [-0.2, -0.15) is 0 Å². The van der Waals surface area contributed by atoms with E-state index in [1.54, 1.807) is 0 Å². The minimum Gasteiger partial charge on any atom is -0.450 e. The number of hydrogen-bond acceptors (Lipinski definition) is 3. The monoisotopic (exact) mass is 381 g/mol. The van der Waals surface area contributed by atoms with E-state index in [1.807, 2.05) is 48.5 Å². The van der Waals surface area contributed by atoms with E-state index in [4.69, 9.17) is 17.0 Å². The molecule has 4 heteroatoms. The molecule has 0 aliphatic carbocycles. The Kier molecular flexibility index (Phi) is 7.59. The fourth-order valence-electron chi connectivity index (χ4n) is 2.30. The molecule has 0 amide bonds. The third kappa shape index (κ3) is 7.13. The zero-order valence-electron chi connectivity index (χ0n) is 16.0. The molecule has 2 nitrogen and oxygen atoms in total. The fraction of sp³-hybridized carbons (Fsp3) is 0.318. The third-order valence-corrected chi connectivity index (χ3v) is 5.15. The predicted octanol–water partition coefficient (Wildman–Crippen LogP) is 5.07. The van der Waals surface area contributed by atoms with Crippen molar-refractivity contribution in [2.24, 2.45) is 5.92 Å². The molecule has 0 radical (unpaired) electrons. The van der Waals surface area contributed by atoms with E-state index in [0.29, 0.717) is 5.05 Å². The van der Waals surface area contributed by atoms with Crippen molar-refractivity contribution in [2.75, 3.05) is 0 Å². The summed E-state index contributed by atoms with van der Waals surface area (Å²) in [6, 6.07) is 20.0. The van der Waals surface area contributed by atoms with Crippen LogP contribution in [0.1, 0.15) is 12.5 Å². The maximum atomic E-state index is 5.88. The van der Waals surface area contributed by atoms with Crippen molar-refractivity contribution < 1.29 is 4.74 Å². The average Bonchev–Trinajstić information content (AvgIpc) is 2.62. The van der Waals surface area contributed by atoms with E-state index < -0.39 is 8.07 Å². The topological polar surface area (TPSA) is 21.3 Å². The predicted molar refractivity (Wildman–Crippen MR) is 117 cm³/mol. The van der Waals surface area contributed by atoms with E-state index in [1.165, 1.54) is 5.56 Å². The van der Waals surface area contributed by atoms with Gasteiger partial charge >= 0.3 is 0 Å². The minimum absolute atomic E-state index is 0.00207. The zero-order valence-corrected chi connectivity index (χ0v) is 17.8. The number of benzene rings is 2. The Balaban J connectivity index is 2.10. The molecule has 0 heterocycles. The lowest BCUT2D eigenvalue weighted by molar-refractivity contribution is 0.459. The summed E-state index contributed by atoms with van der Waals surface area (Å²) < 4.78 is 5.88. The van der Waals surface area contributed by atoms with Crippen molar-refractivity contribution in [3.8, 4) is 17.2 Å². The van der Waals surface area contributed by atoms with Crippen molar-refractivity contribution in [1.29, 1.82) is 0 Å². The van der Waals surface area contributed by atoms with Crippen LogP contribution in [0.25, 0.3) is 0 Å². The van der Waals surface area contributed by atoms with Gasteiger partial charge in [0.25, 0.3) is 0 Å². The maximum Gasteiger partial charge on any atom is 0.172 e. The Hall–Kier alpha value is -1.93. The molecule has 0 fully saturated rings. The van der Waals surface area contributed by atoms with Crippen molar-refractivity contribution >= 4 is 25.3 Å². The maximum absolute atomic E-state index is 5.88. The molecule has 2 aromatic carbocycles. The summed E-state index contributed by atoms with van der Waals surface area (Å²) in [7, 11) is -1.47. The second-order valence-electron chi connectivity index (χ2n) is 7.39. The van der Waals surface area contributed by atoms with Crippen LogP contribution in [0.5, 0.6) is 5.75 Å². The van der Waals surface area contributed by atoms with Gasteiger partial charge in [0.2, 0.25) is 0 Å². The second kappa shape index (κ2) is 9.68. The SMILES string of the molecule is C[C@@H](C(=S)Oc1ccccc1)[C@@H](C#C[Si](C)(C)C)NCc1ccccc1. The Morgan fingerprint density at radius 2 is 1.62 bits per heavy atom. The fourth-order valence-corrected chi connectivity index (χ4v) is 3.13. The van der Waals surface area contributed by atoms with E-state index in [-0.39, 0.29) is 12.0 Å². The molecule has 0 aliphatic rings. The number of nitrogens with one attached hydrogen (secondary N) is 1.